The molecule has 1 aromatic heterocycles. The number of rotatable bonds is 0. The zero-order valence-corrected chi connectivity index (χ0v) is 15.2. The third-order valence-corrected chi connectivity index (χ3v) is 2.17. The molecule has 1 nitrogen and oxygen atoms in total. The van der Waals surface area contributed by atoms with Crippen LogP contribution in [0.15, 0.2) is 97.3 Å². The second-order valence-corrected chi connectivity index (χ2v) is 3.83. The van der Waals surface area contributed by atoms with E-state index in [-0.39, 0.29) is 0 Å². The first-order chi connectivity index (χ1) is 11.4. The Morgan fingerprint density at radius 1 is 0.478 bits per heavy atom. The molecular weight excluding hydrogens is 278 g/mol. The van der Waals surface area contributed by atoms with E-state index < -0.39 is 0 Å². The van der Waals surface area contributed by atoms with Gasteiger partial charge in [-0.2, -0.15) is 0 Å². The largest absolute Gasteiger partial charge is 0.265 e. The van der Waals surface area contributed by atoms with Crippen molar-refractivity contribution in [3.8, 4) is 0 Å². The summed E-state index contributed by atoms with van der Waals surface area (Å²) in [5, 5.41) is 0. The van der Waals surface area contributed by atoms with Crippen molar-refractivity contribution in [1.29, 1.82) is 0 Å². The average Bonchev–Trinajstić information content (AvgIpc) is 2.69. The van der Waals surface area contributed by atoms with Gasteiger partial charge in [0, 0.05) is 12.4 Å². The van der Waals surface area contributed by atoms with Gasteiger partial charge in [-0.05, 0) is 19.1 Å². The van der Waals surface area contributed by atoms with Crippen molar-refractivity contribution in [3.63, 3.8) is 0 Å². The van der Waals surface area contributed by atoms with E-state index in [0.29, 0.717) is 0 Å². The van der Waals surface area contributed by atoms with E-state index in [1.165, 1.54) is 5.56 Å². The fourth-order valence-electron chi connectivity index (χ4n) is 1.23. The maximum absolute atomic E-state index is 3.78. The second-order valence-electron chi connectivity index (χ2n) is 3.83. The molecule has 0 atom stereocenters. The fourth-order valence-corrected chi connectivity index (χ4v) is 1.23. The van der Waals surface area contributed by atoms with E-state index in [4.69, 9.17) is 0 Å². The molecule has 1 heteroatoms. The minimum atomic E-state index is 1.32. The molecule has 0 aliphatic heterocycles. The first-order valence-corrected chi connectivity index (χ1v) is 8.26. The van der Waals surface area contributed by atoms with Crippen LogP contribution in [0.2, 0.25) is 0 Å². The molecule has 0 unspecified atom stereocenters. The SMILES string of the molecule is CC.CC.Cc1ccccc1.c1ccccc1.c1ccncc1. The molecule has 3 aromatic rings. The molecule has 0 fully saturated rings. The van der Waals surface area contributed by atoms with Crippen molar-refractivity contribution >= 4 is 0 Å². The van der Waals surface area contributed by atoms with E-state index in [2.05, 4.69) is 24.0 Å². The van der Waals surface area contributed by atoms with Crippen LogP contribution < -0.4 is 0 Å². The quantitative estimate of drug-likeness (QED) is 0.444. The summed E-state index contributed by atoms with van der Waals surface area (Å²) in [7, 11) is 0. The van der Waals surface area contributed by atoms with Crippen molar-refractivity contribution in [2.24, 2.45) is 0 Å². The number of hydrogen-bond acceptors (Lipinski definition) is 1. The van der Waals surface area contributed by atoms with Crippen LogP contribution >= 0.6 is 0 Å². The lowest BCUT2D eigenvalue weighted by Crippen LogP contribution is -1.62. The number of aryl methyl sites for hydroxylation is 1. The second kappa shape index (κ2) is 21.9. The molecule has 0 saturated heterocycles. The van der Waals surface area contributed by atoms with Gasteiger partial charge in [-0.15, -0.1) is 0 Å². The lowest BCUT2D eigenvalue weighted by molar-refractivity contribution is 1.33. The summed E-state index contributed by atoms with van der Waals surface area (Å²) in [5.74, 6) is 0. The summed E-state index contributed by atoms with van der Waals surface area (Å²) >= 11 is 0. The lowest BCUT2D eigenvalue weighted by Gasteiger charge is -1.82. The molecule has 1 heterocycles. The summed E-state index contributed by atoms with van der Waals surface area (Å²) in [4.78, 5) is 3.78. The highest BCUT2D eigenvalue weighted by Gasteiger charge is 1.72. The summed E-state index contributed by atoms with van der Waals surface area (Å²) in [6.07, 6.45) is 3.50. The smallest absolute Gasteiger partial charge is 0.0267 e. The monoisotopic (exact) mass is 309 g/mol. The maximum atomic E-state index is 3.78. The highest BCUT2D eigenvalue weighted by atomic mass is 14.6. The lowest BCUT2D eigenvalue weighted by atomic mass is 10.2. The van der Waals surface area contributed by atoms with Crippen LogP contribution in [0, 0.1) is 6.92 Å². The molecule has 0 radical (unpaired) electrons. The molecule has 23 heavy (non-hydrogen) atoms. The van der Waals surface area contributed by atoms with E-state index in [0.717, 1.165) is 0 Å². The van der Waals surface area contributed by atoms with Crippen LogP contribution in [0.3, 0.4) is 0 Å². The predicted molar refractivity (Wildman–Crippen MR) is 105 cm³/mol. The molecule has 0 N–H and O–H groups in total. The van der Waals surface area contributed by atoms with Crippen molar-refractivity contribution < 1.29 is 0 Å². The Morgan fingerprint density at radius 2 is 0.783 bits per heavy atom. The number of nitrogens with zero attached hydrogens (tertiary/aromatic N) is 1. The molecule has 124 valence electrons. The maximum Gasteiger partial charge on any atom is 0.0267 e. The molecule has 0 amide bonds. The Morgan fingerprint density at radius 3 is 0.957 bits per heavy atom. The van der Waals surface area contributed by atoms with Gasteiger partial charge in [-0.1, -0.05) is 106 Å². The summed E-state index contributed by atoms with van der Waals surface area (Å²) in [5.41, 5.74) is 1.32. The van der Waals surface area contributed by atoms with Gasteiger partial charge in [0.15, 0.2) is 0 Å². The zero-order chi connectivity index (χ0) is 17.6. The predicted octanol–water partition coefficient (Wildman–Crippen LogP) is 6.82. The standard InChI is InChI=1S/C7H8.C6H6.C5H5N.2C2H6/c1-7-5-3-2-4-6-7;2*1-2-4-6-5-3-1;2*1-2/h2-6H,1H3;1-6H;1-5H;2*1-2H3. The summed E-state index contributed by atoms with van der Waals surface area (Å²) < 4.78 is 0. The van der Waals surface area contributed by atoms with Crippen molar-refractivity contribution in [2.75, 3.05) is 0 Å². The van der Waals surface area contributed by atoms with Crippen molar-refractivity contribution in [2.45, 2.75) is 34.6 Å². The van der Waals surface area contributed by atoms with Gasteiger partial charge in [0.25, 0.3) is 0 Å². The molecular formula is C22H31N. The minimum absolute atomic E-state index is 1.32. The molecule has 2 aromatic carbocycles. The molecule has 0 saturated carbocycles. The Bertz CT molecular complexity index is 407. The molecule has 0 aliphatic rings. The minimum Gasteiger partial charge on any atom is -0.265 e. The Labute approximate surface area is 143 Å². The number of aromatic nitrogens is 1. The van der Waals surface area contributed by atoms with Crippen LogP contribution in [0.25, 0.3) is 0 Å². The molecule has 3 rings (SSSR count). The molecule has 0 aliphatic carbocycles. The topological polar surface area (TPSA) is 12.9 Å². The van der Waals surface area contributed by atoms with Gasteiger partial charge in [0.2, 0.25) is 0 Å². The van der Waals surface area contributed by atoms with E-state index in [1.807, 2.05) is 100 Å². The van der Waals surface area contributed by atoms with Gasteiger partial charge in [0.1, 0.15) is 0 Å². The first kappa shape index (κ1) is 22.9. The normalized spacial score (nSPS) is 7.35. The van der Waals surface area contributed by atoms with Crippen molar-refractivity contribution in [1.82, 2.24) is 4.98 Å². The Balaban J connectivity index is 0. The van der Waals surface area contributed by atoms with Crippen LogP contribution in [0.1, 0.15) is 33.3 Å². The summed E-state index contributed by atoms with van der Waals surface area (Å²) in [6, 6.07) is 28.0. The van der Waals surface area contributed by atoms with Gasteiger partial charge in [-0.3, -0.25) is 4.98 Å². The van der Waals surface area contributed by atoms with Crippen LogP contribution in [0.4, 0.5) is 0 Å². The Hall–Kier alpha value is -2.41. The third-order valence-electron chi connectivity index (χ3n) is 2.17. The summed E-state index contributed by atoms with van der Waals surface area (Å²) in [6.45, 7) is 10.1. The first-order valence-electron chi connectivity index (χ1n) is 8.26. The van der Waals surface area contributed by atoms with E-state index in [1.54, 1.807) is 12.4 Å². The van der Waals surface area contributed by atoms with Crippen LogP contribution in [0.5, 0.6) is 0 Å². The molecule has 0 spiro atoms. The van der Waals surface area contributed by atoms with Gasteiger partial charge >= 0.3 is 0 Å². The van der Waals surface area contributed by atoms with E-state index >= 15 is 0 Å². The number of benzene rings is 2. The van der Waals surface area contributed by atoms with Crippen molar-refractivity contribution in [3.05, 3.63) is 103 Å². The zero-order valence-electron chi connectivity index (χ0n) is 15.2. The molecule has 0 bridgehead atoms. The average molecular weight is 309 g/mol. The Kier molecular flexibility index (Phi) is 21.8. The van der Waals surface area contributed by atoms with Crippen LogP contribution in [-0.2, 0) is 0 Å². The van der Waals surface area contributed by atoms with Crippen LogP contribution in [-0.4, -0.2) is 4.98 Å². The highest BCUT2D eigenvalue weighted by Crippen LogP contribution is 1.92. The third kappa shape index (κ3) is 19.6. The van der Waals surface area contributed by atoms with Gasteiger partial charge in [0.05, 0.1) is 0 Å². The van der Waals surface area contributed by atoms with Gasteiger partial charge in [-0.25, -0.2) is 0 Å². The highest BCUT2D eigenvalue weighted by molar-refractivity contribution is 5.11. The fraction of sp³-hybridized carbons (Fsp3) is 0.227. The van der Waals surface area contributed by atoms with E-state index in [9.17, 15) is 0 Å². The number of pyridine rings is 1. The van der Waals surface area contributed by atoms with Gasteiger partial charge < -0.3 is 0 Å². The number of hydrogen-bond donors (Lipinski definition) is 0.